The topological polar surface area (TPSA) is 35.5 Å². The third kappa shape index (κ3) is 5.02. The van der Waals surface area contributed by atoms with Gasteiger partial charge in [0.2, 0.25) is 11.6 Å². The largest absolute Gasteiger partial charge is 0.494 e. The van der Waals surface area contributed by atoms with Crippen LogP contribution < -0.4 is 9.47 Å². The van der Waals surface area contributed by atoms with Gasteiger partial charge in [-0.2, -0.15) is 8.78 Å². The summed E-state index contributed by atoms with van der Waals surface area (Å²) in [5, 5.41) is 0. The minimum atomic E-state index is -1.17. The zero-order valence-electron chi connectivity index (χ0n) is 19.3. The first-order valence-corrected chi connectivity index (χ1v) is 12.4. The zero-order chi connectivity index (χ0) is 22.7. The molecule has 32 heavy (non-hydrogen) atoms. The Morgan fingerprint density at radius 2 is 1.41 bits per heavy atom. The van der Waals surface area contributed by atoms with Crippen LogP contribution in [0.25, 0.3) is 0 Å². The summed E-state index contributed by atoms with van der Waals surface area (Å²) in [7, 11) is 1.27. The number of methoxy groups -OCH3 is 1. The van der Waals surface area contributed by atoms with Crippen molar-refractivity contribution in [3.63, 3.8) is 0 Å². The summed E-state index contributed by atoms with van der Waals surface area (Å²) in [6.07, 6.45) is 16.3. The van der Waals surface area contributed by atoms with Crippen LogP contribution >= 0.6 is 0 Å². The van der Waals surface area contributed by atoms with Crippen LogP contribution in [-0.2, 0) is 4.79 Å². The van der Waals surface area contributed by atoms with E-state index < -0.39 is 17.6 Å². The summed E-state index contributed by atoms with van der Waals surface area (Å²) >= 11 is 0. The minimum Gasteiger partial charge on any atom is -0.494 e. The fraction of sp³-hybridized carbons (Fsp3) is 0.667. The van der Waals surface area contributed by atoms with E-state index in [0.717, 1.165) is 49.4 Å². The fourth-order valence-corrected chi connectivity index (χ4v) is 6.61. The molecule has 176 valence electrons. The Kier molecular flexibility index (Phi) is 7.52. The Hall–Kier alpha value is -1.91. The van der Waals surface area contributed by atoms with Crippen molar-refractivity contribution in [3.05, 3.63) is 35.9 Å². The average molecular weight is 447 g/mol. The summed E-state index contributed by atoms with van der Waals surface area (Å²) < 4.78 is 38.0. The average Bonchev–Trinajstić information content (AvgIpc) is 2.82. The van der Waals surface area contributed by atoms with E-state index in [4.69, 9.17) is 9.47 Å². The van der Waals surface area contributed by atoms with Crippen LogP contribution in [-0.4, -0.2) is 13.1 Å². The molecule has 1 aromatic rings. The third-order valence-corrected chi connectivity index (χ3v) is 8.37. The van der Waals surface area contributed by atoms with Gasteiger partial charge in [-0.15, -0.1) is 0 Å². The number of fused-ring (bicyclic) bond motifs is 1. The lowest BCUT2D eigenvalue weighted by Crippen LogP contribution is -2.35. The summed E-state index contributed by atoms with van der Waals surface area (Å²) in [6, 6.07) is 2.53. The number of allylic oxidation sites excluding steroid dienone is 2. The molecule has 0 aromatic heterocycles. The highest BCUT2D eigenvalue weighted by molar-refractivity contribution is 5.75. The van der Waals surface area contributed by atoms with Crippen molar-refractivity contribution in [2.45, 2.75) is 71.1 Å². The van der Waals surface area contributed by atoms with Crippen LogP contribution in [0.1, 0.15) is 71.1 Å². The van der Waals surface area contributed by atoms with E-state index >= 15 is 0 Å². The molecule has 0 bridgehead atoms. The second kappa shape index (κ2) is 10.4. The smallest absolute Gasteiger partial charge is 0.314 e. The van der Waals surface area contributed by atoms with Crippen molar-refractivity contribution < 1.29 is 23.0 Å². The molecule has 0 radical (unpaired) electrons. The number of ether oxygens (including phenoxy) is 2. The molecule has 3 nitrogen and oxygen atoms in total. The molecule has 0 amide bonds. The molecule has 4 unspecified atom stereocenters. The van der Waals surface area contributed by atoms with Gasteiger partial charge in [0.15, 0.2) is 11.5 Å². The molecule has 0 N–H and O–H groups in total. The van der Waals surface area contributed by atoms with Crippen LogP contribution in [0.2, 0.25) is 0 Å². The molecule has 1 aromatic carbocycles. The van der Waals surface area contributed by atoms with Gasteiger partial charge in [-0.05, 0) is 113 Å². The van der Waals surface area contributed by atoms with Gasteiger partial charge in [0.25, 0.3) is 0 Å². The van der Waals surface area contributed by atoms with Gasteiger partial charge in [0.05, 0.1) is 13.0 Å². The number of halogens is 2. The highest BCUT2D eigenvalue weighted by Gasteiger charge is 2.39. The normalized spacial score (nSPS) is 33.0. The molecule has 3 aliphatic rings. The molecule has 0 spiro atoms. The predicted molar refractivity (Wildman–Crippen MR) is 120 cm³/mol. The van der Waals surface area contributed by atoms with Crippen LogP contribution in [0.4, 0.5) is 8.78 Å². The predicted octanol–water partition coefficient (Wildman–Crippen LogP) is 7.09. The Balaban J connectivity index is 1.27. The molecule has 4 rings (SSSR count). The summed E-state index contributed by atoms with van der Waals surface area (Å²) in [5.41, 5.74) is 0. The summed E-state index contributed by atoms with van der Waals surface area (Å²) in [5.74, 6) is 0.477. The summed E-state index contributed by atoms with van der Waals surface area (Å²) in [4.78, 5) is 12.6. The molecular formula is C27H36F2O3. The molecular weight excluding hydrogens is 410 g/mol. The maximum absolute atomic E-state index is 14.1. The van der Waals surface area contributed by atoms with Gasteiger partial charge in [-0.25, -0.2) is 0 Å². The van der Waals surface area contributed by atoms with E-state index in [-0.39, 0.29) is 17.4 Å². The molecule has 5 heteroatoms. The van der Waals surface area contributed by atoms with Crippen molar-refractivity contribution in [3.8, 4) is 11.5 Å². The first-order valence-electron chi connectivity index (χ1n) is 12.4. The lowest BCUT2D eigenvalue weighted by molar-refractivity contribution is -0.140. The van der Waals surface area contributed by atoms with Crippen LogP contribution in [0, 0.1) is 47.1 Å². The van der Waals surface area contributed by atoms with Crippen LogP contribution in [0.5, 0.6) is 11.5 Å². The number of carbonyl (C=O) groups is 1. The first kappa shape index (κ1) is 23.3. The van der Waals surface area contributed by atoms with Crippen molar-refractivity contribution in [2.24, 2.45) is 35.5 Å². The molecule has 0 saturated heterocycles. The van der Waals surface area contributed by atoms with Gasteiger partial charge >= 0.3 is 5.97 Å². The van der Waals surface area contributed by atoms with Crippen LogP contribution in [0.15, 0.2) is 24.3 Å². The molecule has 3 saturated carbocycles. The standard InChI is InChI=1S/C27H36F2O3/c1-3-4-17-5-6-22-16-21(12-11-20(22)15-17)18-7-9-19(10-8-18)27(30)32-24-14-13-23(31-2)25(28)26(24)29/h3-4,13-14,17-22H,5-12,15-16H2,1-2H3/b4-3+. The monoisotopic (exact) mass is 446 g/mol. The zero-order valence-corrected chi connectivity index (χ0v) is 19.3. The molecule has 3 fully saturated rings. The van der Waals surface area contributed by atoms with Crippen molar-refractivity contribution in [1.29, 1.82) is 0 Å². The number of esters is 1. The number of hydrogen-bond acceptors (Lipinski definition) is 3. The number of benzene rings is 1. The summed E-state index contributed by atoms with van der Waals surface area (Å²) in [6.45, 7) is 2.13. The number of hydrogen-bond donors (Lipinski definition) is 0. The van der Waals surface area contributed by atoms with Gasteiger partial charge in [-0.3, -0.25) is 4.79 Å². The quantitative estimate of drug-likeness (QED) is 0.275. The van der Waals surface area contributed by atoms with Crippen molar-refractivity contribution in [2.75, 3.05) is 7.11 Å². The van der Waals surface area contributed by atoms with Crippen LogP contribution in [0.3, 0.4) is 0 Å². The Bertz CT molecular complexity index is 828. The highest BCUT2D eigenvalue weighted by atomic mass is 19.2. The Morgan fingerprint density at radius 1 is 0.844 bits per heavy atom. The maximum Gasteiger partial charge on any atom is 0.314 e. The van der Waals surface area contributed by atoms with Gasteiger partial charge in [0, 0.05) is 0 Å². The van der Waals surface area contributed by atoms with Gasteiger partial charge in [0.1, 0.15) is 0 Å². The maximum atomic E-state index is 14.1. The van der Waals surface area contributed by atoms with E-state index in [2.05, 4.69) is 19.1 Å². The fourth-order valence-electron chi connectivity index (χ4n) is 6.61. The second-order valence-electron chi connectivity index (χ2n) is 10.1. The van der Waals surface area contributed by atoms with Gasteiger partial charge in [-0.1, -0.05) is 12.2 Å². The van der Waals surface area contributed by atoms with E-state index in [0.29, 0.717) is 5.92 Å². The van der Waals surface area contributed by atoms with E-state index in [9.17, 15) is 13.6 Å². The third-order valence-electron chi connectivity index (χ3n) is 8.37. The molecule has 4 atom stereocenters. The van der Waals surface area contributed by atoms with E-state index in [1.54, 1.807) is 0 Å². The van der Waals surface area contributed by atoms with E-state index in [1.807, 2.05) is 0 Å². The van der Waals surface area contributed by atoms with Gasteiger partial charge < -0.3 is 9.47 Å². The second-order valence-corrected chi connectivity index (χ2v) is 10.1. The highest BCUT2D eigenvalue weighted by Crippen LogP contribution is 2.49. The lowest BCUT2D eigenvalue weighted by atomic mass is 9.61. The SMILES string of the molecule is C/C=C/C1CCC2CC(C3CCC(C(=O)Oc4ccc(OC)c(F)c4F)CC3)CCC2C1. The minimum absolute atomic E-state index is 0.201. The Morgan fingerprint density at radius 3 is 2.09 bits per heavy atom. The van der Waals surface area contributed by atoms with Crippen molar-refractivity contribution >= 4 is 5.97 Å². The molecule has 3 aliphatic carbocycles. The first-order chi connectivity index (χ1) is 15.5. The lowest BCUT2D eigenvalue weighted by Gasteiger charge is -2.45. The van der Waals surface area contributed by atoms with Crippen molar-refractivity contribution in [1.82, 2.24) is 0 Å². The molecule has 0 heterocycles. The van der Waals surface area contributed by atoms with E-state index in [1.165, 1.54) is 57.8 Å². The molecule has 0 aliphatic heterocycles. The Labute approximate surface area is 190 Å². The number of carbonyl (C=O) groups excluding carboxylic acids is 1. The number of rotatable bonds is 5.